The number of rotatable bonds is 4. The third-order valence-corrected chi connectivity index (χ3v) is 5.61. The van der Waals surface area contributed by atoms with Gasteiger partial charge in [0, 0.05) is 4.88 Å². The predicted octanol–water partition coefficient (Wildman–Crippen LogP) is 3.40. The van der Waals surface area contributed by atoms with E-state index in [4.69, 9.17) is 11.6 Å². The molecule has 9 heteroatoms. The number of esters is 1. The number of fused-ring (bicyclic) bond motifs is 1. The predicted molar refractivity (Wildman–Crippen MR) is 95.4 cm³/mol. The minimum Gasteiger partial charge on any atom is -0.468 e. The van der Waals surface area contributed by atoms with Crippen molar-refractivity contribution >= 4 is 56.4 Å². The highest BCUT2D eigenvalue weighted by molar-refractivity contribution is 7.16. The molecule has 1 amide bonds. The maximum absolute atomic E-state index is 13.5. The lowest BCUT2D eigenvalue weighted by Crippen LogP contribution is -2.22. The fourth-order valence-electron chi connectivity index (χ4n) is 2.22. The number of thiophene rings is 1. The lowest BCUT2D eigenvalue weighted by atomic mass is 10.3. The highest BCUT2D eigenvalue weighted by atomic mass is 35.5. The molecule has 0 aliphatic rings. The van der Waals surface area contributed by atoms with Crippen LogP contribution in [0.1, 0.15) is 4.88 Å². The summed E-state index contributed by atoms with van der Waals surface area (Å²) in [6, 6.07) is 7.67. The van der Waals surface area contributed by atoms with Crippen LogP contribution in [0.2, 0.25) is 4.34 Å². The fraction of sp³-hybridized carbons (Fsp3) is 0.188. The molecular formula is C16H12ClFN2O3S2. The second kappa shape index (κ2) is 7.47. The zero-order valence-corrected chi connectivity index (χ0v) is 15.4. The maximum Gasteiger partial charge on any atom is 0.325 e. The number of methoxy groups -OCH3 is 1. The van der Waals surface area contributed by atoms with Gasteiger partial charge in [0.25, 0.3) is 5.91 Å². The maximum atomic E-state index is 13.5. The van der Waals surface area contributed by atoms with Crippen LogP contribution in [0.3, 0.4) is 0 Å². The van der Waals surface area contributed by atoms with E-state index in [9.17, 15) is 14.0 Å². The van der Waals surface area contributed by atoms with Crippen molar-refractivity contribution in [2.45, 2.75) is 13.0 Å². The summed E-state index contributed by atoms with van der Waals surface area (Å²) in [5.74, 6) is -1.25. The Labute approximate surface area is 155 Å². The quantitative estimate of drug-likeness (QED) is 0.633. The molecule has 0 N–H and O–H groups in total. The molecule has 3 aromatic rings. The Bertz CT molecular complexity index is 1020. The van der Waals surface area contributed by atoms with E-state index in [0.717, 1.165) is 16.2 Å². The monoisotopic (exact) mass is 398 g/mol. The number of hydrogen-bond donors (Lipinski definition) is 0. The Morgan fingerprint density at radius 1 is 1.28 bits per heavy atom. The van der Waals surface area contributed by atoms with Crippen molar-refractivity contribution in [1.29, 1.82) is 0 Å². The second-order valence-corrected chi connectivity index (χ2v) is 7.86. The molecule has 1 aromatic carbocycles. The summed E-state index contributed by atoms with van der Waals surface area (Å²) < 4.78 is 20.9. The van der Waals surface area contributed by atoms with Gasteiger partial charge in [0.15, 0.2) is 4.80 Å². The summed E-state index contributed by atoms with van der Waals surface area (Å²) >= 11 is 8.31. The first-order valence-electron chi connectivity index (χ1n) is 7.14. The SMILES string of the molecule is COC(=O)Cn1c(=NC(=O)Cc2ccc(Cl)s2)sc2cc(F)ccc21. The molecule has 2 aromatic heterocycles. The average Bonchev–Trinajstić information content (AvgIpc) is 3.10. The topological polar surface area (TPSA) is 60.7 Å². The van der Waals surface area contributed by atoms with E-state index >= 15 is 0 Å². The molecular weight excluding hydrogens is 387 g/mol. The normalized spacial score (nSPS) is 11.9. The van der Waals surface area contributed by atoms with Gasteiger partial charge in [-0.2, -0.15) is 4.99 Å². The molecule has 0 atom stereocenters. The lowest BCUT2D eigenvalue weighted by Gasteiger charge is -2.03. The number of aromatic nitrogens is 1. The van der Waals surface area contributed by atoms with Gasteiger partial charge in [0.2, 0.25) is 0 Å². The molecule has 0 unspecified atom stereocenters. The summed E-state index contributed by atoms with van der Waals surface area (Å²) in [5.41, 5.74) is 0.613. The van der Waals surface area contributed by atoms with Gasteiger partial charge in [-0.05, 0) is 30.3 Å². The Balaban J connectivity index is 2.02. The lowest BCUT2D eigenvalue weighted by molar-refractivity contribution is -0.141. The second-order valence-electron chi connectivity index (χ2n) is 5.05. The highest BCUT2D eigenvalue weighted by Crippen LogP contribution is 2.22. The molecule has 130 valence electrons. The zero-order valence-electron chi connectivity index (χ0n) is 13.0. The van der Waals surface area contributed by atoms with Crippen molar-refractivity contribution in [2.75, 3.05) is 7.11 Å². The number of amides is 1. The van der Waals surface area contributed by atoms with Gasteiger partial charge >= 0.3 is 5.97 Å². The van der Waals surface area contributed by atoms with Crippen LogP contribution >= 0.6 is 34.3 Å². The first-order valence-corrected chi connectivity index (χ1v) is 9.15. The molecule has 0 aliphatic carbocycles. The Morgan fingerprint density at radius 3 is 2.76 bits per heavy atom. The molecule has 25 heavy (non-hydrogen) atoms. The van der Waals surface area contributed by atoms with Crippen LogP contribution in [-0.4, -0.2) is 23.6 Å². The van der Waals surface area contributed by atoms with Gasteiger partial charge in [-0.15, -0.1) is 11.3 Å². The summed E-state index contributed by atoms with van der Waals surface area (Å²) in [6.07, 6.45) is 0.109. The molecule has 0 spiro atoms. The summed E-state index contributed by atoms with van der Waals surface area (Å²) in [6.45, 7) is -0.112. The summed E-state index contributed by atoms with van der Waals surface area (Å²) in [5, 5.41) is 0. The minimum atomic E-state index is -0.483. The van der Waals surface area contributed by atoms with Gasteiger partial charge < -0.3 is 9.30 Å². The number of ether oxygens (including phenoxy) is 1. The van der Waals surface area contributed by atoms with E-state index in [2.05, 4.69) is 9.73 Å². The number of carbonyl (C=O) groups is 2. The van der Waals surface area contributed by atoms with Crippen molar-refractivity contribution in [2.24, 2.45) is 4.99 Å². The summed E-state index contributed by atoms with van der Waals surface area (Å²) in [7, 11) is 1.28. The molecule has 0 aliphatic heterocycles. The molecule has 0 saturated heterocycles. The Hall–Kier alpha value is -2.03. The van der Waals surface area contributed by atoms with Crippen LogP contribution in [0.15, 0.2) is 35.3 Å². The van der Waals surface area contributed by atoms with E-state index < -0.39 is 11.8 Å². The molecule has 3 rings (SSSR count). The smallest absolute Gasteiger partial charge is 0.325 e. The number of nitrogens with zero attached hydrogens (tertiary/aromatic N) is 2. The largest absolute Gasteiger partial charge is 0.468 e. The van der Waals surface area contributed by atoms with Crippen molar-refractivity contribution in [3.05, 3.63) is 50.2 Å². The van der Waals surface area contributed by atoms with Crippen LogP contribution in [0.4, 0.5) is 4.39 Å². The first-order chi connectivity index (χ1) is 12.0. The fourth-order valence-corrected chi connectivity index (χ4v) is 4.37. The number of halogens is 2. The van der Waals surface area contributed by atoms with Crippen LogP contribution in [0.5, 0.6) is 0 Å². The highest BCUT2D eigenvalue weighted by Gasteiger charge is 2.13. The van der Waals surface area contributed by atoms with Gasteiger partial charge in [0.05, 0.1) is 28.1 Å². The molecule has 0 bridgehead atoms. The number of carbonyl (C=O) groups excluding carboxylic acids is 2. The van der Waals surface area contributed by atoms with Crippen LogP contribution < -0.4 is 4.80 Å². The minimum absolute atomic E-state index is 0.109. The molecule has 2 heterocycles. The van der Waals surface area contributed by atoms with Crippen molar-refractivity contribution < 1.29 is 18.7 Å². The van der Waals surface area contributed by atoms with Crippen molar-refractivity contribution in [1.82, 2.24) is 4.57 Å². The van der Waals surface area contributed by atoms with Gasteiger partial charge in [0.1, 0.15) is 12.4 Å². The molecule has 5 nitrogen and oxygen atoms in total. The van der Waals surface area contributed by atoms with E-state index in [-0.39, 0.29) is 18.9 Å². The third-order valence-electron chi connectivity index (χ3n) is 3.33. The van der Waals surface area contributed by atoms with E-state index in [0.29, 0.717) is 19.4 Å². The number of benzene rings is 1. The van der Waals surface area contributed by atoms with Crippen LogP contribution in [0.25, 0.3) is 10.2 Å². The van der Waals surface area contributed by atoms with E-state index in [1.165, 1.54) is 30.6 Å². The van der Waals surface area contributed by atoms with E-state index in [1.54, 1.807) is 22.8 Å². The van der Waals surface area contributed by atoms with Crippen molar-refractivity contribution in [3.63, 3.8) is 0 Å². The molecule has 0 fully saturated rings. The third kappa shape index (κ3) is 4.15. The van der Waals surface area contributed by atoms with Gasteiger partial charge in [-0.1, -0.05) is 22.9 Å². The van der Waals surface area contributed by atoms with Crippen LogP contribution in [0, 0.1) is 5.82 Å². The van der Waals surface area contributed by atoms with Gasteiger partial charge in [-0.25, -0.2) is 4.39 Å². The number of thiazole rings is 1. The van der Waals surface area contributed by atoms with Gasteiger partial charge in [-0.3, -0.25) is 9.59 Å². The molecule has 0 radical (unpaired) electrons. The number of hydrogen-bond acceptors (Lipinski definition) is 5. The standard InChI is InChI=1S/C16H12ClFN2O3S2/c1-23-15(22)8-20-11-4-2-9(18)6-12(11)25-16(20)19-14(21)7-10-3-5-13(17)24-10/h2-6H,7-8H2,1H3. The summed E-state index contributed by atoms with van der Waals surface area (Å²) in [4.78, 5) is 29.1. The Morgan fingerprint density at radius 2 is 2.08 bits per heavy atom. The zero-order chi connectivity index (χ0) is 18.0. The first kappa shape index (κ1) is 17.8. The van der Waals surface area contributed by atoms with Crippen molar-refractivity contribution in [3.8, 4) is 0 Å². The van der Waals surface area contributed by atoms with E-state index in [1.807, 2.05) is 0 Å². The molecule has 0 saturated carbocycles. The average molecular weight is 399 g/mol. The Kier molecular flexibility index (Phi) is 5.31. The van der Waals surface area contributed by atoms with Crippen LogP contribution in [-0.2, 0) is 27.3 Å².